The van der Waals surface area contributed by atoms with Gasteiger partial charge in [0.05, 0.1) is 17.1 Å². The third-order valence-electron chi connectivity index (χ3n) is 2.65. The maximum Gasteiger partial charge on any atom is 0.263 e. The summed E-state index contributed by atoms with van der Waals surface area (Å²) in [5.41, 5.74) is 6.66. The molecule has 0 atom stereocenters. The summed E-state index contributed by atoms with van der Waals surface area (Å²) in [5, 5.41) is 9.18. The summed E-state index contributed by atoms with van der Waals surface area (Å²) in [6.07, 6.45) is 1.97. The van der Waals surface area contributed by atoms with Gasteiger partial charge in [0.15, 0.2) is 0 Å². The van der Waals surface area contributed by atoms with Gasteiger partial charge in [-0.2, -0.15) is 0 Å². The Bertz CT molecular complexity index is 578. The second kappa shape index (κ2) is 7.01. The van der Waals surface area contributed by atoms with Crippen molar-refractivity contribution in [1.29, 1.82) is 0 Å². The fraction of sp³-hybridized carbons (Fsp3) is 0.308. The standard InChI is InChI=1S/C13H17N3OS3/c1-3-15-12(17)10-9(14)11(18-2)13(20-10)16-7-8-5-4-6-19-8/h4-6,16H,3,7,14H2,1-2H3,(H,15,17). The Balaban J connectivity index is 2.19. The minimum Gasteiger partial charge on any atom is -0.396 e. The topological polar surface area (TPSA) is 67.2 Å². The van der Waals surface area contributed by atoms with Crippen LogP contribution >= 0.6 is 34.4 Å². The SMILES string of the molecule is CCNC(=O)c1sc(NCc2cccs2)c(SC)c1N. The maximum atomic E-state index is 12.0. The Morgan fingerprint density at radius 3 is 2.90 bits per heavy atom. The molecular formula is C13H17N3OS3. The quantitative estimate of drug-likeness (QED) is 0.711. The monoisotopic (exact) mass is 327 g/mol. The van der Waals surface area contributed by atoms with Gasteiger partial charge in [-0.3, -0.25) is 4.79 Å². The van der Waals surface area contributed by atoms with Gasteiger partial charge in [-0.25, -0.2) is 0 Å². The molecule has 2 aromatic rings. The molecule has 20 heavy (non-hydrogen) atoms. The summed E-state index contributed by atoms with van der Waals surface area (Å²) in [6.45, 7) is 3.25. The smallest absolute Gasteiger partial charge is 0.263 e. The summed E-state index contributed by atoms with van der Waals surface area (Å²) < 4.78 is 0. The average Bonchev–Trinajstić information content (AvgIpc) is 3.04. The van der Waals surface area contributed by atoms with Crippen LogP contribution < -0.4 is 16.4 Å². The number of hydrogen-bond donors (Lipinski definition) is 3. The molecule has 0 aromatic carbocycles. The van der Waals surface area contributed by atoms with Crippen molar-refractivity contribution in [1.82, 2.24) is 5.32 Å². The predicted molar refractivity (Wildman–Crippen MR) is 90.2 cm³/mol. The molecule has 4 nitrogen and oxygen atoms in total. The number of thioether (sulfide) groups is 1. The zero-order valence-electron chi connectivity index (χ0n) is 11.4. The second-order valence-corrected chi connectivity index (χ2v) is 6.87. The average molecular weight is 328 g/mol. The van der Waals surface area contributed by atoms with Gasteiger partial charge in [-0.05, 0) is 24.6 Å². The number of nitrogens with two attached hydrogens (primary N) is 1. The summed E-state index contributed by atoms with van der Waals surface area (Å²) in [6, 6.07) is 4.11. The van der Waals surface area contributed by atoms with Gasteiger partial charge in [0.2, 0.25) is 0 Å². The van der Waals surface area contributed by atoms with Gasteiger partial charge in [0.1, 0.15) is 9.88 Å². The molecule has 0 spiro atoms. The summed E-state index contributed by atoms with van der Waals surface area (Å²) >= 11 is 4.68. The molecule has 2 aromatic heterocycles. The van der Waals surface area contributed by atoms with Crippen LogP contribution in [0, 0.1) is 0 Å². The van der Waals surface area contributed by atoms with Gasteiger partial charge in [-0.1, -0.05) is 6.07 Å². The van der Waals surface area contributed by atoms with E-state index in [1.165, 1.54) is 16.2 Å². The maximum absolute atomic E-state index is 12.0. The van der Waals surface area contributed by atoms with Crippen LogP contribution in [0.25, 0.3) is 0 Å². The summed E-state index contributed by atoms with van der Waals surface area (Å²) in [5.74, 6) is -0.102. The number of carbonyl (C=O) groups excluding carboxylic acids is 1. The van der Waals surface area contributed by atoms with Crippen LogP contribution in [0.2, 0.25) is 0 Å². The van der Waals surface area contributed by atoms with Crippen LogP contribution in [0.4, 0.5) is 10.7 Å². The Hall–Kier alpha value is -1.18. The lowest BCUT2D eigenvalue weighted by atomic mass is 10.3. The first-order valence-corrected chi connectivity index (χ1v) is 9.10. The number of thiophene rings is 2. The number of amides is 1. The van der Waals surface area contributed by atoms with E-state index in [2.05, 4.69) is 22.1 Å². The van der Waals surface area contributed by atoms with Gasteiger partial charge in [-0.15, -0.1) is 34.4 Å². The molecule has 0 aliphatic heterocycles. The van der Waals surface area contributed by atoms with Crippen molar-refractivity contribution in [3.8, 4) is 0 Å². The highest BCUT2D eigenvalue weighted by Crippen LogP contribution is 2.41. The van der Waals surface area contributed by atoms with Crippen LogP contribution in [0.3, 0.4) is 0 Å². The van der Waals surface area contributed by atoms with Crippen molar-refractivity contribution < 1.29 is 4.79 Å². The van der Waals surface area contributed by atoms with E-state index in [1.807, 2.05) is 19.2 Å². The highest BCUT2D eigenvalue weighted by molar-refractivity contribution is 7.99. The largest absolute Gasteiger partial charge is 0.396 e. The number of hydrogen-bond acceptors (Lipinski definition) is 6. The number of rotatable bonds is 6. The van der Waals surface area contributed by atoms with E-state index in [-0.39, 0.29) is 5.91 Å². The highest BCUT2D eigenvalue weighted by Gasteiger charge is 2.20. The van der Waals surface area contributed by atoms with E-state index < -0.39 is 0 Å². The number of nitrogens with one attached hydrogen (secondary N) is 2. The van der Waals surface area contributed by atoms with Crippen molar-refractivity contribution in [2.24, 2.45) is 0 Å². The Morgan fingerprint density at radius 1 is 1.50 bits per heavy atom. The van der Waals surface area contributed by atoms with Crippen LogP contribution in [0.15, 0.2) is 22.4 Å². The van der Waals surface area contributed by atoms with E-state index in [1.54, 1.807) is 23.1 Å². The summed E-state index contributed by atoms with van der Waals surface area (Å²) in [7, 11) is 0. The molecule has 0 radical (unpaired) electrons. The number of nitrogen functional groups attached to an aromatic ring is 1. The minimum atomic E-state index is -0.102. The van der Waals surface area contributed by atoms with Crippen LogP contribution in [-0.4, -0.2) is 18.7 Å². The van der Waals surface area contributed by atoms with Gasteiger partial charge in [0, 0.05) is 11.4 Å². The molecule has 4 N–H and O–H groups in total. The molecular weight excluding hydrogens is 310 g/mol. The molecule has 0 aliphatic rings. The molecule has 0 fully saturated rings. The number of carbonyl (C=O) groups is 1. The summed E-state index contributed by atoms with van der Waals surface area (Å²) in [4.78, 5) is 14.8. The first-order chi connectivity index (χ1) is 9.67. The highest BCUT2D eigenvalue weighted by atomic mass is 32.2. The van der Waals surface area contributed by atoms with Crippen LogP contribution in [0.1, 0.15) is 21.5 Å². The van der Waals surface area contributed by atoms with Crippen molar-refractivity contribution in [2.45, 2.75) is 18.4 Å². The molecule has 0 saturated carbocycles. The molecule has 1 amide bonds. The first kappa shape index (κ1) is 15.2. The molecule has 7 heteroatoms. The van der Waals surface area contributed by atoms with E-state index in [0.29, 0.717) is 17.1 Å². The van der Waals surface area contributed by atoms with E-state index in [9.17, 15) is 4.79 Å². The lowest BCUT2D eigenvalue weighted by molar-refractivity contribution is 0.0960. The van der Waals surface area contributed by atoms with Crippen molar-refractivity contribution in [2.75, 3.05) is 23.9 Å². The van der Waals surface area contributed by atoms with E-state index in [0.717, 1.165) is 16.4 Å². The third kappa shape index (κ3) is 3.28. The molecule has 0 bridgehead atoms. The van der Waals surface area contributed by atoms with Gasteiger partial charge < -0.3 is 16.4 Å². The molecule has 0 unspecified atom stereocenters. The molecule has 0 saturated heterocycles. The molecule has 2 rings (SSSR count). The zero-order chi connectivity index (χ0) is 14.5. The second-order valence-electron chi connectivity index (χ2n) is 4.00. The van der Waals surface area contributed by atoms with Gasteiger partial charge in [0.25, 0.3) is 5.91 Å². The number of anilines is 2. The van der Waals surface area contributed by atoms with Crippen molar-refractivity contribution >= 4 is 51.0 Å². The first-order valence-electron chi connectivity index (χ1n) is 6.18. The Kier molecular flexibility index (Phi) is 5.33. The van der Waals surface area contributed by atoms with E-state index in [4.69, 9.17) is 5.73 Å². The third-order valence-corrected chi connectivity index (χ3v) is 5.65. The normalized spacial score (nSPS) is 10.5. The van der Waals surface area contributed by atoms with E-state index >= 15 is 0 Å². The predicted octanol–water partition coefficient (Wildman–Crippen LogP) is 3.48. The lowest BCUT2D eigenvalue weighted by Crippen LogP contribution is -2.22. The van der Waals surface area contributed by atoms with Gasteiger partial charge >= 0.3 is 0 Å². The molecule has 108 valence electrons. The van der Waals surface area contributed by atoms with Crippen molar-refractivity contribution in [3.63, 3.8) is 0 Å². The minimum absolute atomic E-state index is 0.102. The molecule has 2 heterocycles. The fourth-order valence-electron chi connectivity index (χ4n) is 1.74. The Labute approximate surface area is 130 Å². The lowest BCUT2D eigenvalue weighted by Gasteiger charge is -2.04. The Morgan fingerprint density at radius 2 is 2.30 bits per heavy atom. The fourth-order valence-corrected chi connectivity index (χ4v) is 4.33. The van der Waals surface area contributed by atoms with Crippen molar-refractivity contribution in [3.05, 3.63) is 27.3 Å². The zero-order valence-corrected chi connectivity index (χ0v) is 13.8. The van der Waals surface area contributed by atoms with Crippen LogP contribution in [-0.2, 0) is 6.54 Å². The molecule has 0 aliphatic carbocycles. The van der Waals surface area contributed by atoms with Crippen LogP contribution in [0.5, 0.6) is 0 Å².